The molecule has 0 spiro atoms. The molecule has 2 aliphatic rings. The Balaban J connectivity index is 1.73. The quantitative estimate of drug-likeness (QED) is 0.672. The van der Waals surface area contributed by atoms with E-state index >= 15 is 0 Å². The zero-order valence-corrected chi connectivity index (χ0v) is 16.4. The first-order valence-corrected chi connectivity index (χ1v) is 9.82. The van der Waals surface area contributed by atoms with Crippen LogP contribution in [0, 0.1) is 0 Å². The molecule has 1 heterocycles. The lowest BCUT2D eigenvalue weighted by molar-refractivity contribution is -0.139. The number of hydrogen-bond donors (Lipinski definition) is 3. The van der Waals surface area contributed by atoms with Crippen molar-refractivity contribution in [3.63, 3.8) is 0 Å². The van der Waals surface area contributed by atoms with Crippen LogP contribution in [-0.4, -0.2) is 31.2 Å². The lowest BCUT2D eigenvalue weighted by Crippen LogP contribution is -2.51. The van der Waals surface area contributed by atoms with Gasteiger partial charge in [0.05, 0.1) is 18.2 Å². The van der Waals surface area contributed by atoms with E-state index in [2.05, 4.69) is 41.1 Å². The molecule has 1 aliphatic carbocycles. The first-order valence-electron chi connectivity index (χ1n) is 9.82. The van der Waals surface area contributed by atoms with Crippen LogP contribution in [0.5, 0.6) is 0 Å². The first-order chi connectivity index (χ1) is 13.0. The molecule has 1 aromatic carbocycles. The van der Waals surface area contributed by atoms with E-state index in [0.29, 0.717) is 24.4 Å². The SMILES string of the molecule is CCOC(=O)C1=C(CN[C@H](C)c2ccc3c(c2)CCCC3)NC(=O)N[C@H]1C. The number of benzene rings is 1. The van der Waals surface area contributed by atoms with Crippen molar-refractivity contribution in [1.29, 1.82) is 0 Å². The number of hydrogen-bond acceptors (Lipinski definition) is 4. The van der Waals surface area contributed by atoms with Gasteiger partial charge in [-0.05, 0) is 63.1 Å². The molecule has 0 radical (unpaired) electrons. The molecule has 2 amide bonds. The fraction of sp³-hybridized carbons (Fsp3) is 0.524. The van der Waals surface area contributed by atoms with Crippen LogP contribution < -0.4 is 16.0 Å². The molecule has 0 fully saturated rings. The Morgan fingerprint density at radius 3 is 2.78 bits per heavy atom. The standard InChI is InChI=1S/C21H29N3O3/c1-4-27-20(25)19-14(3)23-21(26)24-18(19)12-22-13(2)16-10-9-15-7-5-6-8-17(15)11-16/h9-11,13-14,22H,4-8,12H2,1-3H3,(H2,23,24,26)/t13-,14+/m1/s1. The Morgan fingerprint density at radius 1 is 1.30 bits per heavy atom. The number of ether oxygens (including phenoxy) is 1. The summed E-state index contributed by atoms with van der Waals surface area (Å²) < 4.78 is 5.16. The summed E-state index contributed by atoms with van der Waals surface area (Å²) in [5, 5.41) is 8.91. The molecule has 3 rings (SSSR count). The van der Waals surface area contributed by atoms with Crippen LogP contribution in [0.2, 0.25) is 0 Å². The molecular weight excluding hydrogens is 342 g/mol. The van der Waals surface area contributed by atoms with E-state index in [1.807, 2.05) is 0 Å². The maximum Gasteiger partial charge on any atom is 0.337 e. The van der Waals surface area contributed by atoms with Crippen LogP contribution in [0.25, 0.3) is 0 Å². The highest BCUT2D eigenvalue weighted by molar-refractivity contribution is 5.94. The van der Waals surface area contributed by atoms with Gasteiger partial charge >= 0.3 is 12.0 Å². The lowest BCUT2D eigenvalue weighted by atomic mass is 9.89. The van der Waals surface area contributed by atoms with Crippen molar-refractivity contribution >= 4 is 12.0 Å². The van der Waals surface area contributed by atoms with Crippen molar-refractivity contribution in [2.75, 3.05) is 13.2 Å². The van der Waals surface area contributed by atoms with Gasteiger partial charge in [-0.3, -0.25) is 0 Å². The molecule has 0 aromatic heterocycles. The van der Waals surface area contributed by atoms with Crippen LogP contribution in [0.1, 0.15) is 56.3 Å². The molecule has 6 nitrogen and oxygen atoms in total. The van der Waals surface area contributed by atoms with Gasteiger partial charge in [0.2, 0.25) is 0 Å². The Hall–Kier alpha value is -2.34. The zero-order chi connectivity index (χ0) is 19.4. The van der Waals surface area contributed by atoms with Crippen LogP contribution in [0.15, 0.2) is 29.5 Å². The summed E-state index contributed by atoms with van der Waals surface area (Å²) in [5.41, 5.74) is 5.19. The smallest absolute Gasteiger partial charge is 0.337 e. The zero-order valence-electron chi connectivity index (χ0n) is 16.4. The van der Waals surface area contributed by atoms with E-state index in [4.69, 9.17) is 4.74 Å². The molecule has 6 heteroatoms. The van der Waals surface area contributed by atoms with Gasteiger partial charge in [-0.2, -0.15) is 0 Å². The highest BCUT2D eigenvalue weighted by Gasteiger charge is 2.29. The van der Waals surface area contributed by atoms with Gasteiger partial charge in [0.1, 0.15) is 0 Å². The van der Waals surface area contributed by atoms with E-state index in [9.17, 15) is 9.59 Å². The number of rotatable bonds is 6. The predicted octanol–water partition coefficient (Wildman–Crippen LogP) is 2.73. The van der Waals surface area contributed by atoms with Crippen LogP contribution in [-0.2, 0) is 22.4 Å². The van der Waals surface area contributed by atoms with Gasteiger partial charge in [0, 0.05) is 18.3 Å². The molecule has 1 aliphatic heterocycles. The highest BCUT2D eigenvalue weighted by Crippen LogP contribution is 2.25. The summed E-state index contributed by atoms with van der Waals surface area (Å²) in [7, 11) is 0. The molecule has 3 N–H and O–H groups in total. The third-order valence-electron chi connectivity index (χ3n) is 5.32. The number of urea groups is 1. The van der Waals surface area contributed by atoms with Gasteiger partial charge in [-0.25, -0.2) is 9.59 Å². The first kappa shape index (κ1) is 19.4. The van der Waals surface area contributed by atoms with Crippen LogP contribution >= 0.6 is 0 Å². The second kappa shape index (κ2) is 8.57. The van der Waals surface area contributed by atoms with Crippen molar-refractivity contribution in [2.45, 2.75) is 58.5 Å². The van der Waals surface area contributed by atoms with Crippen molar-refractivity contribution in [1.82, 2.24) is 16.0 Å². The average molecular weight is 371 g/mol. The van der Waals surface area contributed by atoms with E-state index in [-0.39, 0.29) is 18.1 Å². The second-order valence-electron chi connectivity index (χ2n) is 7.27. The molecule has 146 valence electrons. The molecule has 0 saturated heterocycles. The average Bonchev–Trinajstić information content (AvgIpc) is 2.65. The van der Waals surface area contributed by atoms with Gasteiger partial charge in [0.25, 0.3) is 0 Å². The summed E-state index contributed by atoms with van der Waals surface area (Å²) in [6, 6.07) is 6.13. The fourth-order valence-corrected chi connectivity index (χ4v) is 3.81. The Bertz CT molecular complexity index is 757. The van der Waals surface area contributed by atoms with Crippen LogP contribution in [0.3, 0.4) is 0 Å². The molecule has 0 unspecified atom stereocenters. The summed E-state index contributed by atoms with van der Waals surface area (Å²) in [5.74, 6) is -0.393. The number of nitrogens with one attached hydrogen (secondary N) is 3. The maximum atomic E-state index is 12.3. The monoisotopic (exact) mass is 371 g/mol. The molecule has 0 bridgehead atoms. The Labute approximate surface area is 160 Å². The van der Waals surface area contributed by atoms with Crippen molar-refractivity contribution in [3.05, 3.63) is 46.2 Å². The number of fused-ring (bicyclic) bond motifs is 1. The lowest BCUT2D eigenvalue weighted by Gasteiger charge is -2.28. The minimum Gasteiger partial charge on any atom is -0.463 e. The number of esters is 1. The van der Waals surface area contributed by atoms with E-state index in [0.717, 1.165) is 6.42 Å². The molecule has 2 atom stereocenters. The molecular formula is C21H29N3O3. The molecule has 0 saturated carbocycles. The molecule has 27 heavy (non-hydrogen) atoms. The number of amides is 2. The van der Waals surface area contributed by atoms with Crippen LogP contribution in [0.4, 0.5) is 4.79 Å². The number of carbonyl (C=O) groups is 2. The second-order valence-corrected chi connectivity index (χ2v) is 7.27. The summed E-state index contributed by atoms with van der Waals surface area (Å²) >= 11 is 0. The van der Waals surface area contributed by atoms with Gasteiger partial charge < -0.3 is 20.7 Å². The third-order valence-corrected chi connectivity index (χ3v) is 5.32. The maximum absolute atomic E-state index is 12.3. The van der Waals surface area contributed by atoms with Crippen molar-refractivity contribution in [2.24, 2.45) is 0 Å². The summed E-state index contributed by atoms with van der Waals surface area (Å²) in [4.78, 5) is 24.2. The largest absolute Gasteiger partial charge is 0.463 e. The van der Waals surface area contributed by atoms with Crippen molar-refractivity contribution < 1.29 is 14.3 Å². The van der Waals surface area contributed by atoms with E-state index in [1.54, 1.807) is 13.8 Å². The van der Waals surface area contributed by atoms with E-state index < -0.39 is 5.97 Å². The minimum absolute atomic E-state index is 0.107. The molecule has 1 aromatic rings. The van der Waals surface area contributed by atoms with E-state index in [1.165, 1.54) is 36.0 Å². The predicted molar refractivity (Wildman–Crippen MR) is 104 cm³/mol. The Kier molecular flexibility index (Phi) is 6.16. The van der Waals surface area contributed by atoms with Crippen molar-refractivity contribution in [3.8, 4) is 0 Å². The summed E-state index contributed by atoms with van der Waals surface area (Å²) in [6.07, 6.45) is 4.85. The highest BCUT2D eigenvalue weighted by atomic mass is 16.5. The Morgan fingerprint density at radius 2 is 2.04 bits per heavy atom. The minimum atomic E-state index is -0.393. The number of carbonyl (C=O) groups excluding carboxylic acids is 2. The van der Waals surface area contributed by atoms with Gasteiger partial charge in [-0.15, -0.1) is 0 Å². The topological polar surface area (TPSA) is 79.5 Å². The van der Waals surface area contributed by atoms with Gasteiger partial charge in [0.15, 0.2) is 0 Å². The fourth-order valence-electron chi connectivity index (χ4n) is 3.81. The normalized spacial score (nSPS) is 20.4. The summed E-state index contributed by atoms with van der Waals surface area (Å²) in [6.45, 7) is 6.35. The van der Waals surface area contributed by atoms with Gasteiger partial charge in [-0.1, -0.05) is 18.2 Å². The third kappa shape index (κ3) is 4.50. The number of aryl methyl sites for hydroxylation is 2.